The van der Waals surface area contributed by atoms with E-state index < -0.39 is 5.91 Å². The molecule has 11 heteroatoms. The molecular formula is C22H27ClN6O3S. The van der Waals surface area contributed by atoms with Gasteiger partial charge in [0.25, 0.3) is 11.8 Å². The van der Waals surface area contributed by atoms with Crippen molar-refractivity contribution in [3.63, 3.8) is 0 Å². The van der Waals surface area contributed by atoms with Crippen molar-refractivity contribution < 1.29 is 14.1 Å². The Kier molecular flexibility index (Phi) is 6.87. The lowest BCUT2D eigenvalue weighted by Crippen LogP contribution is -2.47. The van der Waals surface area contributed by atoms with Crippen molar-refractivity contribution in [3.05, 3.63) is 45.4 Å². The van der Waals surface area contributed by atoms with E-state index in [1.165, 1.54) is 15.9 Å². The number of aromatic nitrogens is 3. The molecule has 0 spiro atoms. The minimum Gasteiger partial charge on any atom is -0.363 e. The molecule has 0 unspecified atom stereocenters. The maximum Gasteiger partial charge on any atom is 0.284 e. The first-order chi connectivity index (χ1) is 15.7. The van der Waals surface area contributed by atoms with Crippen molar-refractivity contribution in [1.82, 2.24) is 24.9 Å². The first kappa shape index (κ1) is 23.5. The molecule has 1 aliphatic heterocycles. The second kappa shape index (κ2) is 9.66. The molecule has 3 N–H and O–H groups in total. The summed E-state index contributed by atoms with van der Waals surface area (Å²) in [4.78, 5) is 32.8. The van der Waals surface area contributed by atoms with Crippen LogP contribution in [-0.4, -0.2) is 56.6 Å². The number of nitrogens with two attached hydrogens (primary N) is 1. The third-order valence-corrected chi connectivity index (χ3v) is 7.11. The van der Waals surface area contributed by atoms with Crippen LogP contribution in [-0.2, 0) is 6.54 Å². The van der Waals surface area contributed by atoms with E-state index in [0.29, 0.717) is 33.2 Å². The minimum absolute atomic E-state index is 0.0102. The summed E-state index contributed by atoms with van der Waals surface area (Å²) in [7, 11) is 0. The molecule has 33 heavy (non-hydrogen) atoms. The summed E-state index contributed by atoms with van der Waals surface area (Å²) in [6, 6.07) is 5.93. The van der Waals surface area contributed by atoms with E-state index in [9.17, 15) is 9.59 Å². The summed E-state index contributed by atoms with van der Waals surface area (Å²) >= 11 is 7.38. The van der Waals surface area contributed by atoms with Crippen molar-refractivity contribution in [3.8, 4) is 10.6 Å². The highest BCUT2D eigenvalue weighted by atomic mass is 35.5. The van der Waals surface area contributed by atoms with Crippen molar-refractivity contribution in [2.45, 2.75) is 52.2 Å². The van der Waals surface area contributed by atoms with E-state index >= 15 is 0 Å². The zero-order valence-corrected chi connectivity index (χ0v) is 20.4. The van der Waals surface area contributed by atoms with Crippen LogP contribution in [0, 0.1) is 6.92 Å². The van der Waals surface area contributed by atoms with Gasteiger partial charge in [0.15, 0.2) is 11.6 Å². The third-order valence-electron chi connectivity index (χ3n) is 5.87. The molecule has 4 heterocycles. The van der Waals surface area contributed by atoms with Gasteiger partial charge in [-0.3, -0.25) is 9.59 Å². The van der Waals surface area contributed by atoms with Crippen LogP contribution in [0.25, 0.3) is 10.6 Å². The van der Waals surface area contributed by atoms with Crippen LogP contribution in [0.1, 0.15) is 59.2 Å². The Balaban J connectivity index is 1.55. The SMILES string of the molecule is Cc1nc(C(N)=O)n(Cc2cc(-c3ccc(Cl)s3)on2)c1C(=O)NC1CCN(C(C)C)CC1. The summed E-state index contributed by atoms with van der Waals surface area (Å²) in [5, 5.41) is 7.21. The topological polar surface area (TPSA) is 119 Å². The summed E-state index contributed by atoms with van der Waals surface area (Å²) in [6.07, 6.45) is 1.74. The van der Waals surface area contributed by atoms with Crippen LogP contribution in [0.4, 0.5) is 0 Å². The molecule has 176 valence electrons. The predicted molar refractivity (Wildman–Crippen MR) is 127 cm³/mol. The number of carbonyl (C=O) groups excluding carboxylic acids is 2. The number of imidazole rings is 1. The summed E-state index contributed by atoms with van der Waals surface area (Å²) in [6.45, 7) is 8.03. The number of hydrogen-bond acceptors (Lipinski definition) is 7. The Morgan fingerprint density at radius 2 is 2.06 bits per heavy atom. The van der Waals surface area contributed by atoms with E-state index in [1.54, 1.807) is 19.1 Å². The Bertz CT molecular complexity index is 1160. The van der Waals surface area contributed by atoms with Crippen LogP contribution in [0.3, 0.4) is 0 Å². The number of nitrogens with zero attached hydrogens (tertiary/aromatic N) is 4. The number of primary amides is 1. The highest BCUT2D eigenvalue weighted by Crippen LogP contribution is 2.31. The second-order valence-corrected chi connectivity index (χ2v) is 10.2. The van der Waals surface area contributed by atoms with Crippen molar-refractivity contribution in [2.24, 2.45) is 5.73 Å². The van der Waals surface area contributed by atoms with Crippen LogP contribution >= 0.6 is 22.9 Å². The molecule has 0 aliphatic carbocycles. The van der Waals surface area contributed by atoms with E-state index in [4.69, 9.17) is 21.9 Å². The molecule has 0 radical (unpaired) electrons. The molecular weight excluding hydrogens is 464 g/mol. The van der Waals surface area contributed by atoms with Gasteiger partial charge in [0.1, 0.15) is 11.4 Å². The maximum absolute atomic E-state index is 13.2. The van der Waals surface area contributed by atoms with Crippen molar-refractivity contribution in [2.75, 3.05) is 13.1 Å². The average molecular weight is 491 g/mol. The van der Waals surface area contributed by atoms with Gasteiger partial charge in [-0.05, 0) is 45.7 Å². The second-order valence-electron chi connectivity index (χ2n) is 8.48. The molecule has 1 saturated heterocycles. The fraction of sp³-hybridized carbons (Fsp3) is 0.455. The number of carbonyl (C=O) groups is 2. The fourth-order valence-corrected chi connectivity index (χ4v) is 5.12. The van der Waals surface area contributed by atoms with Gasteiger partial charge in [-0.15, -0.1) is 11.3 Å². The van der Waals surface area contributed by atoms with E-state index in [2.05, 4.69) is 34.2 Å². The largest absolute Gasteiger partial charge is 0.363 e. The Labute approximate surface area is 200 Å². The molecule has 4 rings (SSSR count). The van der Waals surface area contributed by atoms with Crippen LogP contribution in [0.15, 0.2) is 22.7 Å². The van der Waals surface area contributed by atoms with Crippen LogP contribution in [0.5, 0.6) is 0 Å². The first-order valence-corrected chi connectivity index (χ1v) is 12.1. The van der Waals surface area contributed by atoms with Gasteiger partial charge in [0.2, 0.25) is 0 Å². The number of piperidine rings is 1. The lowest BCUT2D eigenvalue weighted by molar-refractivity contribution is 0.0890. The number of halogens is 1. The average Bonchev–Trinajstić information content (AvgIpc) is 3.47. The highest BCUT2D eigenvalue weighted by molar-refractivity contribution is 7.19. The summed E-state index contributed by atoms with van der Waals surface area (Å²) in [5.41, 5.74) is 6.84. The molecule has 3 aromatic heterocycles. The van der Waals surface area contributed by atoms with Crippen molar-refractivity contribution >= 4 is 34.8 Å². The van der Waals surface area contributed by atoms with E-state index in [1.807, 2.05) is 6.07 Å². The lowest BCUT2D eigenvalue weighted by Gasteiger charge is -2.34. The molecule has 0 aromatic carbocycles. The number of hydrogen-bond donors (Lipinski definition) is 2. The summed E-state index contributed by atoms with van der Waals surface area (Å²) < 4.78 is 7.60. The standard InChI is InChI=1S/C22H27ClN6O3S/c1-12(2)28-8-6-14(7-9-28)26-22(31)19-13(3)25-21(20(24)30)29(19)11-15-10-16(32-27-15)17-4-5-18(23)33-17/h4-5,10,12,14H,6-9,11H2,1-3H3,(H2,24,30)(H,26,31). The molecule has 9 nitrogen and oxygen atoms in total. The molecule has 0 saturated carbocycles. The van der Waals surface area contributed by atoms with Gasteiger partial charge >= 0.3 is 0 Å². The number of aryl methyl sites for hydroxylation is 1. The zero-order chi connectivity index (χ0) is 23.7. The van der Waals surface area contributed by atoms with Crippen LogP contribution in [0.2, 0.25) is 4.34 Å². The number of nitrogens with one attached hydrogen (secondary N) is 1. The van der Waals surface area contributed by atoms with Gasteiger partial charge < -0.3 is 25.0 Å². The Morgan fingerprint density at radius 1 is 1.33 bits per heavy atom. The molecule has 3 aromatic rings. The van der Waals surface area contributed by atoms with E-state index in [0.717, 1.165) is 30.8 Å². The predicted octanol–water partition coefficient (Wildman–Crippen LogP) is 3.31. The quantitative estimate of drug-likeness (QED) is 0.524. The molecule has 0 bridgehead atoms. The zero-order valence-electron chi connectivity index (χ0n) is 18.8. The smallest absolute Gasteiger partial charge is 0.284 e. The van der Waals surface area contributed by atoms with Gasteiger partial charge in [-0.25, -0.2) is 4.98 Å². The van der Waals surface area contributed by atoms with E-state index in [-0.39, 0.29) is 24.3 Å². The molecule has 0 atom stereocenters. The number of thiophene rings is 1. The van der Waals surface area contributed by atoms with Gasteiger partial charge in [-0.2, -0.15) is 0 Å². The number of likely N-dealkylation sites (tertiary alicyclic amines) is 1. The lowest BCUT2D eigenvalue weighted by atomic mass is 10.0. The normalized spacial score (nSPS) is 15.3. The van der Waals surface area contributed by atoms with Crippen molar-refractivity contribution in [1.29, 1.82) is 0 Å². The first-order valence-electron chi connectivity index (χ1n) is 10.9. The van der Waals surface area contributed by atoms with Crippen LogP contribution < -0.4 is 11.1 Å². The Morgan fingerprint density at radius 3 is 2.67 bits per heavy atom. The Hall–Kier alpha value is -2.69. The van der Waals surface area contributed by atoms with Gasteiger partial charge in [-0.1, -0.05) is 16.8 Å². The monoisotopic (exact) mass is 490 g/mol. The van der Waals surface area contributed by atoms with Gasteiger partial charge in [0.05, 0.1) is 21.5 Å². The summed E-state index contributed by atoms with van der Waals surface area (Å²) in [5.74, 6) is -0.418. The number of amides is 2. The molecule has 1 fully saturated rings. The minimum atomic E-state index is -0.712. The molecule has 2 amide bonds. The third kappa shape index (κ3) is 5.13. The number of rotatable bonds is 7. The fourth-order valence-electron chi connectivity index (χ4n) is 4.13. The maximum atomic E-state index is 13.2. The highest BCUT2D eigenvalue weighted by Gasteiger charge is 2.28. The molecule has 1 aliphatic rings. The van der Waals surface area contributed by atoms with Gasteiger partial charge in [0, 0.05) is 31.2 Å².